The van der Waals surface area contributed by atoms with E-state index in [4.69, 9.17) is 4.98 Å². The maximum atomic E-state index is 4.72. The van der Waals surface area contributed by atoms with Crippen molar-refractivity contribution < 1.29 is 0 Å². The molecule has 1 fully saturated rings. The van der Waals surface area contributed by atoms with Crippen molar-refractivity contribution in [3.05, 3.63) is 30.1 Å². The second-order valence-electron chi connectivity index (χ2n) is 5.03. The summed E-state index contributed by atoms with van der Waals surface area (Å²) < 4.78 is 2.20. The van der Waals surface area contributed by atoms with Gasteiger partial charge in [-0.25, -0.2) is 4.98 Å². The molecular weight excluding hydrogens is 210 g/mol. The summed E-state index contributed by atoms with van der Waals surface area (Å²) in [4.78, 5) is 4.72. The fraction of sp³-hybridized carbons (Fsp3) is 0.500. The van der Waals surface area contributed by atoms with Crippen LogP contribution in [0.3, 0.4) is 0 Å². The molecule has 3 rings (SSSR count). The Hall–Kier alpha value is -1.35. The van der Waals surface area contributed by atoms with E-state index >= 15 is 0 Å². The second-order valence-corrected chi connectivity index (χ2v) is 5.03. The Bertz CT molecular complexity index is 525. The molecule has 0 amide bonds. The van der Waals surface area contributed by atoms with Gasteiger partial charge < -0.3 is 9.88 Å². The number of para-hydroxylation sites is 2. The number of nitrogens with zero attached hydrogens (tertiary/aromatic N) is 2. The smallest absolute Gasteiger partial charge is 0.126 e. The number of nitrogens with one attached hydrogen (secondary N) is 1. The standard InChI is InChI=1S/C14H19N3/c1-10(15-11-6-5-7-11)14-16-12-8-3-4-9-13(12)17(14)2/h3-4,8-11,15H,5-7H2,1-2H3. The summed E-state index contributed by atoms with van der Waals surface area (Å²) in [6, 6.07) is 9.35. The molecule has 1 saturated carbocycles. The van der Waals surface area contributed by atoms with E-state index in [1.54, 1.807) is 0 Å². The van der Waals surface area contributed by atoms with Gasteiger partial charge in [0.05, 0.1) is 17.1 Å². The lowest BCUT2D eigenvalue weighted by Crippen LogP contribution is -2.37. The average Bonchev–Trinajstić information content (AvgIpc) is 2.62. The van der Waals surface area contributed by atoms with E-state index in [1.165, 1.54) is 24.8 Å². The van der Waals surface area contributed by atoms with Crippen molar-refractivity contribution in [2.75, 3.05) is 0 Å². The predicted octanol–water partition coefficient (Wildman–Crippen LogP) is 2.78. The van der Waals surface area contributed by atoms with Crippen molar-refractivity contribution in [1.82, 2.24) is 14.9 Å². The number of hydrogen-bond acceptors (Lipinski definition) is 2. The van der Waals surface area contributed by atoms with E-state index in [0.29, 0.717) is 12.1 Å². The number of aromatic nitrogens is 2. The van der Waals surface area contributed by atoms with E-state index < -0.39 is 0 Å². The van der Waals surface area contributed by atoms with E-state index in [2.05, 4.69) is 42.1 Å². The molecule has 0 aliphatic heterocycles. The molecule has 1 aromatic heterocycles. The molecule has 0 spiro atoms. The first-order valence-corrected chi connectivity index (χ1v) is 6.43. The molecule has 90 valence electrons. The van der Waals surface area contributed by atoms with E-state index in [-0.39, 0.29) is 0 Å². The minimum Gasteiger partial charge on any atom is -0.330 e. The van der Waals surface area contributed by atoms with Crippen LogP contribution >= 0.6 is 0 Å². The molecule has 3 heteroatoms. The van der Waals surface area contributed by atoms with Crippen molar-refractivity contribution in [1.29, 1.82) is 0 Å². The highest BCUT2D eigenvalue weighted by molar-refractivity contribution is 5.75. The van der Waals surface area contributed by atoms with Crippen LogP contribution in [0, 0.1) is 0 Å². The number of fused-ring (bicyclic) bond motifs is 1. The third-order valence-electron chi connectivity index (χ3n) is 3.80. The number of benzene rings is 1. The molecule has 3 nitrogen and oxygen atoms in total. The largest absolute Gasteiger partial charge is 0.330 e. The Morgan fingerprint density at radius 2 is 2.12 bits per heavy atom. The second kappa shape index (κ2) is 4.15. The van der Waals surface area contributed by atoms with Gasteiger partial charge in [0, 0.05) is 13.1 Å². The lowest BCUT2D eigenvalue weighted by Gasteiger charge is -2.29. The first-order chi connectivity index (χ1) is 8.25. The van der Waals surface area contributed by atoms with Gasteiger partial charge in [-0.2, -0.15) is 0 Å². The molecule has 1 heterocycles. The molecule has 0 radical (unpaired) electrons. The van der Waals surface area contributed by atoms with Gasteiger partial charge in [0.2, 0.25) is 0 Å². The van der Waals surface area contributed by atoms with Gasteiger partial charge in [0.25, 0.3) is 0 Å². The van der Waals surface area contributed by atoms with Crippen LogP contribution in [0.2, 0.25) is 0 Å². The zero-order chi connectivity index (χ0) is 11.8. The van der Waals surface area contributed by atoms with Crippen LogP contribution in [-0.2, 0) is 7.05 Å². The average molecular weight is 229 g/mol. The van der Waals surface area contributed by atoms with Crippen molar-refractivity contribution in [3.63, 3.8) is 0 Å². The first kappa shape index (κ1) is 10.8. The summed E-state index contributed by atoms with van der Waals surface area (Å²) in [5, 5.41) is 3.65. The van der Waals surface area contributed by atoms with Gasteiger partial charge in [-0.05, 0) is 31.9 Å². The van der Waals surface area contributed by atoms with Gasteiger partial charge in [0.1, 0.15) is 5.82 Å². The van der Waals surface area contributed by atoms with Crippen LogP contribution in [-0.4, -0.2) is 15.6 Å². The Kier molecular flexibility index (Phi) is 2.63. The topological polar surface area (TPSA) is 29.9 Å². The molecule has 17 heavy (non-hydrogen) atoms. The molecule has 2 aromatic rings. The quantitative estimate of drug-likeness (QED) is 0.877. The molecule has 0 bridgehead atoms. The number of hydrogen-bond donors (Lipinski definition) is 1. The molecule has 1 unspecified atom stereocenters. The lowest BCUT2D eigenvalue weighted by molar-refractivity contribution is 0.307. The predicted molar refractivity (Wildman–Crippen MR) is 69.9 cm³/mol. The Morgan fingerprint density at radius 1 is 1.35 bits per heavy atom. The van der Waals surface area contributed by atoms with Gasteiger partial charge in [0.15, 0.2) is 0 Å². The maximum absolute atomic E-state index is 4.72. The van der Waals surface area contributed by atoms with Gasteiger partial charge in [-0.15, -0.1) is 0 Å². The highest BCUT2D eigenvalue weighted by atomic mass is 15.1. The lowest BCUT2D eigenvalue weighted by atomic mass is 9.92. The van der Waals surface area contributed by atoms with E-state index in [0.717, 1.165) is 11.3 Å². The number of rotatable bonds is 3. The normalized spacial score (nSPS) is 18.2. The van der Waals surface area contributed by atoms with Crippen LogP contribution in [0.1, 0.15) is 38.1 Å². The fourth-order valence-corrected chi connectivity index (χ4v) is 2.55. The zero-order valence-corrected chi connectivity index (χ0v) is 10.5. The van der Waals surface area contributed by atoms with Crippen LogP contribution < -0.4 is 5.32 Å². The fourth-order valence-electron chi connectivity index (χ4n) is 2.55. The number of imidazole rings is 1. The highest BCUT2D eigenvalue weighted by Gasteiger charge is 2.22. The Balaban J connectivity index is 1.90. The summed E-state index contributed by atoms with van der Waals surface area (Å²) >= 11 is 0. The summed E-state index contributed by atoms with van der Waals surface area (Å²) in [5.41, 5.74) is 2.30. The van der Waals surface area contributed by atoms with E-state index in [1.807, 2.05) is 6.07 Å². The van der Waals surface area contributed by atoms with Gasteiger partial charge >= 0.3 is 0 Å². The Labute approximate surface area is 102 Å². The molecule has 1 aromatic carbocycles. The first-order valence-electron chi connectivity index (χ1n) is 6.43. The van der Waals surface area contributed by atoms with Gasteiger partial charge in [-0.3, -0.25) is 0 Å². The molecule has 0 saturated heterocycles. The molecule has 1 aliphatic rings. The molecular formula is C14H19N3. The van der Waals surface area contributed by atoms with Gasteiger partial charge in [-0.1, -0.05) is 18.6 Å². The van der Waals surface area contributed by atoms with Crippen LogP contribution in [0.25, 0.3) is 11.0 Å². The molecule has 1 aliphatic carbocycles. The third kappa shape index (κ3) is 1.84. The van der Waals surface area contributed by atoms with Crippen molar-refractivity contribution in [2.45, 2.75) is 38.3 Å². The SMILES string of the molecule is CC(NC1CCC1)c1nc2ccccc2n1C. The van der Waals surface area contributed by atoms with Crippen molar-refractivity contribution in [3.8, 4) is 0 Å². The minimum atomic E-state index is 0.331. The van der Waals surface area contributed by atoms with Crippen molar-refractivity contribution >= 4 is 11.0 Å². The summed E-state index contributed by atoms with van der Waals surface area (Å²) in [6.45, 7) is 2.21. The van der Waals surface area contributed by atoms with Crippen LogP contribution in [0.15, 0.2) is 24.3 Å². The molecule has 1 atom stereocenters. The van der Waals surface area contributed by atoms with Crippen LogP contribution in [0.4, 0.5) is 0 Å². The van der Waals surface area contributed by atoms with E-state index in [9.17, 15) is 0 Å². The summed E-state index contributed by atoms with van der Waals surface area (Å²) in [5.74, 6) is 1.14. The number of aryl methyl sites for hydroxylation is 1. The van der Waals surface area contributed by atoms with Crippen molar-refractivity contribution in [2.24, 2.45) is 7.05 Å². The minimum absolute atomic E-state index is 0.331. The van der Waals surface area contributed by atoms with Crippen LogP contribution in [0.5, 0.6) is 0 Å². The zero-order valence-electron chi connectivity index (χ0n) is 10.5. The monoisotopic (exact) mass is 229 g/mol. The molecule has 1 N–H and O–H groups in total. The highest BCUT2D eigenvalue weighted by Crippen LogP contribution is 2.24. The summed E-state index contributed by atoms with van der Waals surface area (Å²) in [6.07, 6.45) is 4.00. The third-order valence-corrected chi connectivity index (χ3v) is 3.80. The maximum Gasteiger partial charge on any atom is 0.126 e. The summed E-state index contributed by atoms with van der Waals surface area (Å²) in [7, 11) is 2.10. The Morgan fingerprint density at radius 3 is 2.76 bits per heavy atom.